The van der Waals surface area contributed by atoms with Gasteiger partial charge in [-0.3, -0.25) is 4.90 Å². The van der Waals surface area contributed by atoms with Crippen LogP contribution in [0.2, 0.25) is 5.02 Å². The van der Waals surface area contributed by atoms with E-state index in [1.807, 2.05) is 4.90 Å². The topological polar surface area (TPSA) is 102 Å². The van der Waals surface area contributed by atoms with E-state index >= 15 is 4.39 Å². The lowest BCUT2D eigenvalue weighted by Crippen LogP contribution is -2.60. The second-order valence-corrected chi connectivity index (χ2v) is 13.1. The molecule has 8 rings (SSSR count). The van der Waals surface area contributed by atoms with E-state index in [9.17, 15) is 22.0 Å². The zero-order chi connectivity index (χ0) is 31.6. The van der Waals surface area contributed by atoms with Gasteiger partial charge in [-0.2, -0.15) is 23.1 Å². The maximum absolute atomic E-state index is 16.8. The summed E-state index contributed by atoms with van der Waals surface area (Å²) in [6.07, 6.45) is -3.07. The molecule has 0 radical (unpaired) electrons. The van der Waals surface area contributed by atoms with Crippen LogP contribution in [0.15, 0.2) is 6.07 Å². The fourth-order valence-electron chi connectivity index (χ4n) is 7.86. The second kappa shape index (κ2) is 9.61. The Morgan fingerprint density at radius 2 is 2.02 bits per heavy atom. The molecule has 4 atom stereocenters. The van der Waals surface area contributed by atoms with Gasteiger partial charge in [-0.1, -0.05) is 11.6 Å². The average Bonchev–Trinajstić information content (AvgIpc) is 3.34. The summed E-state index contributed by atoms with van der Waals surface area (Å²) in [4.78, 5) is 16.5. The van der Waals surface area contributed by atoms with Crippen LogP contribution >= 0.6 is 11.6 Å². The Balaban J connectivity index is 1.33. The molecule has 0 spiro atoms. The molecule has 4 fully saturated rings. The molecular formula is C29H28ClF6N7O2. The summed E-state index contributed by atoms with van der Waals surface area (Å²) in [5.74, 6) is -4.15. The number of anilines is 2. The predicted octanol–water partition coefficient (Wildman–Crippen LogP) is 4.96. The first-order valence-electron chi connectivity index (χ1n) is 14.7. The fourth-order valence-corrected chi connectivity index (χ4v) is 8.18. The number of benzene rings is 1. The molecule has 5 aliphatic rings. The Bertz CT molecular complexity index is 1760. The number of nitrogens with zero attached hydrogens (tertiary/aromatic N) is 5. The molecule has 0 amide bonds. The van der Waals surface area contributed by atoms with Gasteiger partial charge in [0.05, 0.1) is 45.4 Å². The van der Waals surface area contributed by atoms with Gasteiger partial charge < -0.3 is 25.4 Å². The standard InChI is InChI=1S/C29H28ClF6N7O2/c1-12-6-16(37)39-22(19(12)29(34,35)36)17-20(30)24-18-23(21(17)31)40-26(45-11-27-4-5-42(27)10-28(32,33)9-27)41-25(18)43-7-13-2-3-14(38-13)15(43)8-44-24/h6,13-15,38H,2-5,7-11H2,1H3,(H2,37,39). The largest absolute Gasteiger partial charge is 0.489 e. The number of aryl methyl sites for hydroxylation is 1. The predicted molar refractivity (Wildman–Crippen MR) is 152 cm³/mol. The number of aromatic nitrogens is 3. The molecule has 0 aliphatic carbocycles. The molecule has 3 N–H and O–H groups in total. The summed E-state index contributed by atoms with van der Waals surface area (Å²) in [6, 6.07) is 0.628. The highest BCUT2D eigenvalue weighted by Crippen LogP contribution is 2.52. The number of hydrogen-bond donors (Lipinski definition) is 2. The zero-order valence-corrected chi connectivity index (χ0v) is 24.7. The van der Waals surface area contributed by atoms with Crippen LogP contribution in [0.3, 0.4) is 0 Å². The molecule has 0 saturated carbocycles. The van der Waals surface area contributed by atoms with Crippen LogP contribution in [-0.4, -0.2) is 82.3 Å². The van der Waals surface area contributed by atoms with Crippen molar-refractivity contribution in [1.82, 2.24) is 25.2 Å². The van der Waals surface area contributed by atoms with Crippen LogP contribution in [0.25, 0.3) is 22.2 Å². The number of rotatable bonds is 4. The number of pyridine rings is 1. The van der Waals surface area contributed by atoms with E-state index in [1.54, 1.807) is 4.90 Å². The number of hydrogen-bond acceptors (Lipinski definition) is 9. The number of piperazine rings is 1. The molecule has 2 bridgehead atoms. The third kappa shape index (κ3) is 4.40. The number of nitrogens with two attached hydrogens (primary N) is 1. The van der Waals surface area contributed by atoms with Crippen LogP contribution in [0.1, 0.15) is 36.8 Å². The molecule has 240 valence electrons. The van der Waals surface area contributed by atoms with Crippen molar-refractivity contribution < 1.29 is 35.8 Å². The number of nitrogen functional groups attached to an aromatic ring is 1. The van der Waals surface area contributed by atoms with Gasteiger partial charge in [0.1, 0.15) is 30.4 Å². The van der Waals surface area contributed by atoms with Gasteiger partial charge in [0.15, 0.2) is 11.6 Å². The summed E-state index contributed by atoms with van der Waals surface area (Å²) in [6.45, 7) is 1.73. The molecule has 16 heteroatoms. The molecule has 3 aromatic rings. The Morgan fingerprint density at radius 3 is 2.73 bits per heavy atom. The number of halogens is 7. The highest BCUT2D eigenvalue weighted by Gasteiger charge is 2.60. The minimum Gasteiger partial charge on any atom is -0.489 e. The third-order valence-electron chi connectivity index (χ3n) is 9.93. The first-order chi connectivity index (χ1) is 21.2. The van der Waals surface area contributed by atoms with E-state index in [-0.39, 0.29) is 77.7 Å². The molecule has 2 aromatic heterocycles. The van der Waals surface area contributed by atoms with Crippen LogP contribution < -0.4 is 25.4 Å². The molecule has 5 aliphatic heterocycles. The summed E-state index contributed by atoms with van der Waals surface area (Å²) >= 11 is 6.75. The number of ether oxygens (including phenoxy) is 2. The summed E-state index contributed by atoms with van der Waals surface area (Å²) in [5, 5.41) is 3.21. The lowest BCUT2D eigenvalue weighted by Gasteiger charge is -2.46. The molecular weight excluding hydrogens is 628 g/mol. The SMILES string of the molecule is Cc1cc(N)nc(-c2c(Cl)c3c4c(nc(OCC56CCN5CC(F)(F)C6)nc4c2F)N2CC4CCC(N4)C2CO3)c1C(F)(F)F. The molecule has 1 aromatic carbocycles. The Labute approximate surface area is 258 Å². The van der Waals surface area contributed by atoms with Crippen molar-refractivity contribution in [2.75, 3.05) is 43.5 Å². The Kier molecular flexibility index (Phi) is 6.22. The van der Waals surface area contributed by atoms with Crippen molar-refractivity contribution in [3.8, 4) is 23.0 Å². The highest BCUT2D eigenvalue weighted by atomic mass is 35.5. The minimum atomic E-state index is -4.92. The van der Waals surface area contributed by atoms with Crippen molar-refractivity contribution in [3.05, 3.63) is 28.0 Å². The summed E-state index contributed by atoms with van der Waals surface area (Å²) in [5.41, 5.74) is 1.62. The molecule has 4 unspecified atom stereocenters. The smallest absolute Gasteiger partial charge is 0.418 e. The lowest BCUT2D eigenvalue weighted by molar-refractivity contribution is -0.137. The van der Waals surface area contributed by atoms with E-state index in [2.05, 4.69) is 20.3 Å². The Morgan fingerprint density at radius 1 is 1.22 bits per heavy atom. The fraction of sp³-hybridized carbons (Fsp3) is 0.552. The van der Waals surface area contributed by atoms with Gasteiger partial charge >= 0.3 is 12.2 Å². The first kappa shape index (κ1) is 29.1. The molecule has 7 heterocycles. The quantitative estimate of drug-likeness (QED) is 0.378. The van der Waals surface area contributed by atoms with Crippen LogP contribution in [-0.2, 0) is 6.18 Å². The monoisotopic (exact) mass is 655 g/mol. The zero-order valence-electron chi connectivity index (χ0n) is 23.9. The third-order valence-corrected chi connectivity index (χ3v) is 10.3. The summed E-state index contributed by atoms with van der Waals surface area (Å²) in [7, 11) is 0. The molecule has 9 nitrogen and oxygen atoms in total. The van der Waals surface area contributed by atoms with Crippen molar-refractivity contribution in [3.63, 3.8) is 0 Å². The van der Waals surface area contributed by atoms with E-state index in [0.29, 0.717) is 19.5 Å². The first-order valence-corrected chi connectivity index (χ1v) is 15.1. The summed E-state index contributed by atoms with van der Waals surface area (Å²) < 4.78 is 101. The molecule has 4 saturated heterocycles. The highest BCUT2D eigenvalue weighted by molar-refractivity contribution is 6.36. The number of fused-ring (bicyclic) bond motifs is 6. The van der Waals surface area contributed by atoms with Crippen LogP contribution in [0.4, 0.5) is 38.0 Å². The maximum Gasteiger partial charge on any atom is 0.418 e. The van der Waals surface area contributed by atoms with Crippen LogP contribution in [0.5, 0.6) is 11.8 Å². The van der Waals surface area contributed by atoms with E-state index in [0.717, 1.165) is 18.9 Å². The second-order valence-electron chi connectivity index (χ2n) is 12.8. The van der Waals surface area contributed by atoms with Gasteiger partial charge in [-0.25, -0.2) is 18.2 Å². The van der Waals surface area contributed by atoms with Gasteiger partial charge in [-0.05, 0) is 37.8 Å². The van der Waals surface area contributed by atoms with Crippen LogP contribution in [0, 0.1) is 12.7 Å². The Hall–Kier alpha value is -3.30. The normalized spacial score (nSPS) is 28.4. The van der Waals surface area contributed by atoms with Gasteiger partial charge in [-0.15, -0.1) is 0 Å². The van der Waals surface area contributed by atoms with Crippen molar-refractivity contribution in [2.45, 2.75) is 68.4 Å². The number of nitrogens with one attached hydrogen (secondary N) is 1. The number of alkyl halides is 5. The average molecular weight is 656 g/mol. The van der Waals surface area contributed by atoms with E-state index in [4.69, 9.17) is 26.8 Å². The maximum atomic E-state index is 16.8. The van der Waals surface area contributed by atoms with Crippen molar-refractivity contribution >= 4 is 34.1 Å². The van der Waals surface area contributed by atoms with Gasteiger partial charge in [0.25, 0.3) is 5.92 Å². The van der Waals surface area contributed by atoms with E-state index in [1.165, 1.54) is 6.92 Å². The molecule has 45 heavy (non-hydrogen) atoms. The van der Waals surface area contributed by atoms with Crippen molar-refractivity contribution in [2.24, 2.45) is 0 Å². The van der Waals surface area contributed by atoms with E-state index < -0.39 is 51.7 Å². The van der Waals surface area contributed by atoms with Crippen molar-refractivity contribution in [1.29, 1.82) is 0 Å². The van der Waals surface area contributed by atoms with Gasteiger partial charge in [0.2, 0.25) is 0 Å². The minimum absolute atomic E-state index is 0.00810. The van der Waals surface area contributed by atoms with Gasteiger partial charge in [0, 0.05) is 31.6 Å². The lowest BCUT2D eigenvalue weighted by atomic mass is 9.85.